The van der Waals surface area contributed by atoms with E-state index in [2.05, 4.69) is 22.3 Å². The number of anilines is 1. The Balaban J connectivity index is 1.44. The van der Waals surface area contributed by atoms with Gasteiger partial charge in [0, 0.05) is 47.1 Å². The lowest BCUT2D eigenvalue weighted by atomic mass is 10.1. The van der Waals surface area contributed by atoms with Crippen LogP contribution in [-0.2, 0) is 5.75 Å². The summed E-state index contributed by atoms with van der Waals surface area (Å²) in [5.74, 6) is 0.809. The lowest BCUT2D eigenvalue weighted by Gasteiger charge is -2.19. The third-order valence-corrected chi connectivity index (χ3v) is 5.70. The van der Waals surface area contributed by atoms with Crippen molar-refractivity contribution < 1.29 is 4.79 Å². The van der Waals surface area contributed by atoms with Gasteiger partial charge in [-0.3, -0.25) is 4.79 Å². The van der Waals surface area contributed by atoms with Crippen molar-refractivity contribution in [3.05, 3.63) is 95.0 Å². The third kappa shape index (κ3) is 6.04. The van der Waals surface area contributed by atoms with Crippen LogP contribution in [0.25, 0.3) is 0 Å². The Bertz CT molecular complexity index is 883. The van der Waals surface area contributed by atoms with E-state index < -0.39 is 0 Å². The van der Waals surface area contributed by atoms with Gasteiger partial charge in [-0.05, 0) is 54.1 Å². The van der Waals surface area contributed by atoms with Gasteiger partial charge in [0.1, 0.15) is 0 Å². The summed E-state index contributed by atoms with van der Waals surface area (Å²) < 4.78 is 0. The zero-order valence-electron chi connectivity index (χ0n) is 15.8. The van der Waals surface area contributed by atoms with Crippen LogP contribution in [0.15, 0.2) is 83.8 Å². The topological polar surface area (TPSA) is 32.3 Å². The summed E-state index contributed by atoms with van der Waals surface area (Å²) in [5, 5.41) is 3.73. The van der Waals surface area contributed by atoms with E-state index in [4.69, 9.17) is 11.6 Å². The summed E-state index contributed by atoms with van der Waals surface area (Å²) in [6.07, 6.45) is 0. The van der Waals surface area contributed by atoms with Gasteiger partial charge in [-0.1, -0.05) is 41.9 Å². The monoisotopic (exact) mass is 410 g/mol. The molecule has 3 aromatic carbocycles. The molecule has 1 amide bonds. The molecule has 0 spiro atoms. The molecule has 3 aromatic rings. The Morgan fingerprint density at radius 3 is 2.32 bits per heavy atom. The number of carbonyl (C=O) groups is 1. The van der Waals surface area contributed by atoms with Crippen molar-refractivity contribution in [3.63, 3.8) is 0 Å². The molecule has 3 nitrogen and oxygen atoms in total. The van der Waals surface area contributed by atoms with Crippen molar-refractivity contribution in [3.8, 4) is 0 Å². The van der Waals surface area contributed by atoms with E-state index in [9.17, 15) is 4.79 Å². The van der Waals surface area contributed by atoms with Crippen LogP contribution in [0.1, 0.15) is 15.9 Å². The first-order chi connectivity index (χ1) is 13.6. The Hall–Kier alpha value is -2.43. The molecule has 0 unspecified atom stereocenters. The maximum atomic E-state index is 12.3. The number of thioether (sulfide) groups is 1. The number of benzene rings is 3. The maximum absolute atomic E-state index is 12.3. The summed E-state index contributed by atoms with van der Waals surface area (Å²) in [7, 11) is 2.02. The van der Waals surface area contributed by atoms with Gasteiger partial charge >= 0.3 is 0 Å². The fourth-order valence-corrected chi connectivity index (χ4v) is 3.68. The average molecular weight is 411 g/mol. The van der Waals surface area contributed by atoms with Crippen LogP contribution in [0, 0.1) is 0 Å². The molecular weight excluding hydrogens is 388 g/mol. The van der Waals surface area contributed by atoms with E-state index in [1.54, 1.807) is 11.8 Å². The van der Waals surface area contributed by atoms with Crippen LogP contribution in [0.2, 0.25) is 5.02 Å². The van der Waals surface area contributed by atoms with Crippen molar-refractivity contribution in [1.29, 1.82) is 0 Å². The van der Waals surface area contributed by atoms with Crippen LogP contribution in [0.5, 0.6) is 0 Å². The Morgan fingerprint density at radius 2 is 1.64 bits per heavy atom. The molecule has 0 fully saturated rings. The van der Waals surface area contributed by atoms with Gasteiger partial charge in [-0.2, -0.15) is 0 Å². The Morgan fingerprint density at radius 1 is 0.964 bits per heavy atom. The number of rotatable bonds is 8. The largest absolute Gasteiger partial charge is 0.373 e. The molecule has 144 valence electrons. The molecular formula is C23H23ClN2OS. The first kappa shape index (κ1) is 20.3. The summed E-state index contributed by atoms with van der Waals surface area (Å²) >= 11 is 7.66. The minimum Gasteiger partial charge on any atom is -0.373 e. The van der Waals surface area contributed by atoms with Crippen molar-refractivity contribution in [2.45, 2.75) is 10.6 Å². The second kappa shape index (κ2) is 10.2. The molecule has 0 aliphatic rings. The number of carbonyl (C=O) groups excluding carboxylic acids is 1. The minimum absolute atomic E-state index is 0.0432. The highest BCUT2D eigenvalue weighted by Crippen LogP contribution is 2.24. The molecule has 0 atom stereocenters. The van der Waals surface area contributed by atoms with E-state index >= 15 is 0 Å². The van der Waals surface area contributed by atoms with Crippen LogP contribution in [0.4, 0.5) is 5.69 Å². The lowest BCUT2D eigenvalue weighted by Crippen LogP contribution is -2.32. The highest BCUT2D eigenvalue weighted by molar-refractivity contribution is 7.98. The smallest absolute Gasteiger partial charge is 0.251 e. The van der Waals surface area contributed by atoms with Gasteiger partial charge in [-0.25, -0.2) is 0 Å². The number of hydrogen-bond donors (Lipinski definition) is 1. The van der Waals surface area contributed by atoms with Gasteiger partial charge in [0.05, 0.1) is 0 Å². The van der Waals surface area contributed by atoms with Gasteiger partial charge in [0.15, 0.2) is 0 Å². The van der Waals surface area contributed by atoms with Gasteiger partial charge < -0.3 is 10.2 Å². The number of halogens is 1. The number of nitrogens with zero attached hydrogens (tertiary/aromatic N) is 1. The van der Waals surface area contributed by atoms with Crippen molar-refractivity contribution in [2.75, 3.05) is 25.0 Å². The SMILES string of the molecule is CN(CCNC(=O)c1ccc(CSc2ccc(Cl)cc2)cc1)c1ccccc1. The molecule has 0 aliphatic carbocycles. The van der Waals surface area contributed by atoms with E-state index in [1.807, 2.05) is 73.8 Å². The molecule has 0 saturated heterocycles. The first-order valence-electron chi connectivity index (χ1n) is 9.13. The molecule has 28 heavy (non-hydrogen) atoms. The van der Waals surface area contributed by atoms with Crippen LogP contribution >= 0.6 is 23.4 Å². The number of para-hydroxylation sites is 1. The summed E-state index contributed by atoms with van der Waals surface area (Å²) in [5.41, 5.74) is 3.00. The van der Waals surface area contributed by atoms with E-state index in [1.165, 1.54) is 10.5 Å². The number of likely N-dealkylation sites (N-methyl/N-ethyl adjacent to an activating group) is 1. The fraction of sp³-hybridized carbons (Fsp3) is 0.174. The molecule has 0 bridgehead atoms. The van der Waals surface area contributed by atoms with E-state index in [0.29, 0.717) is 12.1 Å². The standard InChI is InChI=1S/C23H23ClN2OS/c1-26(21-5-3-2-4-6-21)16-15-25-23(27)19-9-7-18(8-10-19)17-28-22-13-11-20(24)12-14-22/h2-14H,15-17H2,1H3,(H,25,27). The van der Waals surface area contributed by atoms with E-state index in [-0.39, 0.29) is 5.91 Å². The predicted molar refractivity (Wildman–Crippen MR) is 120 cm³/mol. The second-order valence-corrected chi connectivity index (χ2v) is 7.94. The molecule has 1 N–H and O–H groups in total. The molecule has 3 rings (SSSR count). The highest BCUT2D eigenvalue weighted by Gasteiger charge is 2.06. The van der Waals surface area contributed by atoms with E-state index in [0.717, 1.165) is 23.0 Å². The quantitative estimate of drug-likeness (QED) is 0.498. The molecule has 0 saturated carbocycles. The lowest BCUT2D eigenvalue weighted by molar-refractivity contribution is 0.0954. The normalized spacial score (nSPS) is 10.5. The summed E-state index contributed by atoms with van der Waals surface area (Å²) in [6.45, 7) is 1.35. The molecule has 0 aliphatic heterocycles. The number of amides is 1. The average Bonchev–Trinajstić information content (AvgIpc) is 2.74. The Labute approximate surface area is 175 Å². The van der Waals surface area contributed by atoms with Gasteiger partial charge in [-0.15, -0.1) is 11.8 Å². The minimum atomic E-state index is -0.0432. The Kier molecular flexibility index (Phi) is 7.40. The second-order valence-electron chi connectivity index (χ2n) is 6.45. The molecule has 0 radical (unpaired) electrons. The van der Waals surface area contributed by atoms with Crippen LogP contribution in [-0.4, -0.2) is 26.0 Å². The number of nitrogens with one attached hydrogen (secondary N) is 1. The van der Waals surface area contributed by atoms with Gasteiger partial charge in [0.25, 0.3) is 5.91 Å². The summed E-state index contributed by atoms with van der Waals surface area (Å²) in [6, 6.07) is 25.7. The highest BCUT2D eigenvalue weighted by atomic mass is 35.5. The summed E-state index contributed by atoms with van der Waals surface area (Å²) in [4.78, 5) is 15.6. The van der Waals surface area contributed by atoms with Crippen LogP contribution < -0.4 is 10.2 Å². The maximum Gasteiger partial charge on any atom is 0.251 e. The fourth-order valence-electron chi connectivity index (χ4n) is 2.70. The zero-order chi connectivity index (χ0) is 19.8. The van der Waals surface area contributed by atoms with Gasteiger partial charge in [0.2, 0.25) is 0 Å². The molecule has 0 aromatic heterocycles. The van der Waals surface area contributed by atoms with Crippen molar-refractivity contribution >= 4 is 35.0 Å². The predicted octanol–water partition coefficient (Wildman–Crippen LogP) is 5.50. The van der Waals surface area contributed by atoms with Crippen molar-refractivity contribution in [2.24, 2.45) is 0 Å². The first-order valence-corrected chi connectivity index (χ1v) is 10.5. The number of hydrogen-bond acceptors (Lipinski definition) is 3. The molecule has 0 heterocycles. The van der Waals surface area contributed by atoms with Crippen molar-refractivity contribution in [1.82, 2.24) is 5.32 Å². The zero-order valence-corrected chi connectivity index (χ0v) is 17.3. The van der Waals surface area contributed by atoms with Crippen LogP contribution in [0.3, 0.4) is 0 Å². The third-order valence-electron chi connectivity index (χ3n) is 4.37. The molecule has 5 heteroatoms.